The van der Waals surface area contributed by atoms with E-state index < -0.39 is 0 Å². The van der Waals surface area contributed by atoms with Gasteiger partial charge in [0.15, 0.2) is 0 Å². The fraction of sp³-hybridized carbons (Fsp3) is 0.400. The van der Waals surface area contributed by atoms with Crippen LogP contribution in [0.5, 0.6) is 0 Å². The number of halogens is 2. The van der Waals surface area contributed by atoms with Crippen LogP contribution >= 0.6 is 23.2 Å². The summed E-state index contributed by atoms with van der Waals surface area (Å²) in [6.07, 6.45) is 0.543. The number of carbonyl (C=O) groups excluding carboxylic acids is 3. The summed E-state index contributed by atoms with van der Waals surface area (Å²) in [6.45, 7) is 1.92. The van der Waals surface area contributed by atoms with Crippen LogP contribution in [0.3, 0.4) is 0 Å². The predicted molar refractivity (Wildman–Crippen MR) is 83.6 cm³/mol. The molecule has 5 nitrogen and oxygen atoms in total. The molecule has 3 amide bonds. The fourth-order valence-corrected chi connectivity index (χ4v) is 2.90. The molecule has 0 aromatic heterocycles. The van der Waals surface area contributed by atoms with Crippen LogP contribution in [-0.2, 0) is 14.4 Å². The topological polar surface area (TPSA) is 66.5 Å². The van der Waals surface area contributed by atoms with Crippen LogP contribution in [0.1, 0.15) is 37.8 Å². The number of rotatable bonds is 5. The number of hydrogen-bond donors (Lipinski definition) is 1. The molecule has 0 spiro atoms. The number of hydrogen-bond acceptors (Lipinski definition) is 3. The first kappa shape index (κ1) is 16.8. The molecule has 0 saturated carbocycles. The minimum atomic E-state index is -0.290. The summed E-state index contributed by atoms with van der Waals surface area (Å²) in [5.41, 5.74) is 0.757. The van der Waals surface area contributed by atoms with Crippen LogP contribution < -0.4 is 5.32 Å². The summed E-state index contributed by atoms with van der Waals surface area (Å²) in [7, 11) is 0. The molecule has 1 atom stereocenters. The maximum Gasteiger partial charge on any atom is 0.229 e. The summed E-state index contributed by atoms with van der Waals surface area (Å²) < 4.78 is 0. The molecule has 0 aliphatic carbocycles. The average Bonchev–Trinajstić information content (AvgIpc) is 2.75. The Hall–Kier alpha value is -1.59. The second kappa shape index (κ2) is 7.11. The molecule has 2 rings (SSSR count). The van der Waals surface area contributed by atoms with E-state index in [4.69, 9.17) is 23.2 Å². The number of imide groups is 1. The van der Waals surface area contributed by atoms with E-state index in [0.717, 1.165) is 10.5 Å². The van der Waals surface area contributed by atoms with E-state index in [2.05, 4.69) is 5.32 Å². The van der Waals surface area contributed by atoms with E-state index in [1.807, 2.05) is 0 Å². The molecule has 1 heterocycles. The van der Waals surface area contributed by atoms with E-state index in [9.17, 15) is 14.4 Å². The predicted octanol–water partition coefficient (Wildman–Crippen LogP) is 2.71. The second-order valence-electron chi connectivity index (χ2n) is 5.14. The molecule has 1 saturated heterocycles. The van der Waals surface area contributed by atoms with Gasteiger partial charge in [0.2, 0.25) is 17.7 Å². The van der Waals surface area contributed by atoms with Gasteiger partial charge in [0.1, 0.15) is 0 Å². The van der Waals surface area contributed by atoms with E-state index in [1.165, 1.54) is 0 Å². The Morgan fingerprint density at radius 2 is 1.91 bits per heavy atom. The van der Waals surface area contributed by atoms with Gasteiger partial charge in [0.25, 0.3) is 0 Å². The quantitative estimate of drug-likeness (QED) is 0.836. The van der Waals surface area contributed by atoms with Crippen molar-refractivity contribution in [2.75, 3.05) is 6.54 Å². The highest BCUT2D eigenvalue weighted by Crippen LogP contribution is 2.26. The van der Waals surface area contributed by atoms with Crippen molar-refractivity contribution in [2.45, 2.75) is 32.2 Å². The first-order valence-corrected chi connectivity index (χ1v) is 7.71. The van der Waals surface area contributed by atoms with Crippen LogP contribution in [-0.4, -0.2) is 29.2 Å². The van der Waals surface area contributed by atoms with Gasteiger partial charge >= 0.3 is 0 Å². The van der Waals surface area contributed by atoms with Crippen molar-refractivity contribution in [3.8, 4) is 0 Å². The molecule has 1 aliphatic heterocycles. The van der Waals surface area contributed by atoms with Crippen LogP contribution in [0.4, 0.5) is 0 Å². The molecule has 1 aliphatic rings. The Labute approximate surface area is 138 Å². The van der Waals surface area contributed by atoms with Crippen molar-refractivity contribution in [1.29, 1.82) is 0 Å². The molecule has 118 valence electrons. The van der Waals surface area contributed by atoms with Crippen molar-refractivity contribution >= 4 is 40.9 Å². The molecule has 1 aromatic rings. The molecule has 7 heteroatoms. The molecule has 1 fully saturated rings. The summed E-state index contributed by atoms with van der Waals surface area (Å²) in [4.78, 5) is 36.0. The number of amides is 3. The Balaban J connectivity index is 1.88. The summed E-state index contributed by atoms with van der Waals surface area (Å²) >= 11 is 11.9. The number of likely N-dealkylation sites (tertiary alicyclic amines) is 1. The van der Waals surface area contributed by atoms with E-state index in [1.54, 1.807) is 25.1 Å². The van der Waals surface area contributed by atoms with Crippen LogP contribution in [0.2, 0.25) is 10.0 Å². The lowest BCUT2D eigenvalue weighted by molar-refractivity contribution is -0.138. The van der Waals surface area contributed by atoms with Gasteiger partial charge in [-0.05, 0) is 24.6 Å². The summed E-state index contributed by atoms with van der Waals surface area (Å²) in [5.74, 6) is -0.677. The highest BCUT2D eigenvalue weighted by atomic mass is 35.5. The number of nitrogens with zero attached hydrogens (tertiary/aromatic N) is 1. The summed E-state index contributed by atoms with van der Waals surface area (Å²) in [5, 5.41) is 3.80. The zero-order chi connectivity index (χ0) is 16.3. The van der Waals surface area contributed by atoms with Gasteiger partial charge in [-0.3, -0.25) is 19.3 Å². The normalized spacial score (nSPS) is 16.0. The molecule has 1 unspecified atom stereocenters. The minimum absolute atomic E-state index is 0.0764. The van der Waals surface area contributed by atoms with Crippen LogP contribution in [0.15, 0.2) is 18.2 Å². The molecule has 1 aromatic carbocycles. The second-order valence-corrected chi connectivity index (χ2v) is 5.99. The first-order valence-electron chi connectivity index (χ1n) is 6.96. The monoisotopic (exact) mass is 342 g/mol. The van der Waals surface area contributed by atoms with E-state index >= 15 is 0 Å². The van der Waals surface area contributed by atoms with Crippen LogP contribution in [0.25, 0.3) is 0 Å². The Morgan fingerprint density at radius 1 is 1.27 bits per heavy atom. The lowest BCUT2D eigenvalue weighted by Gasteiger charge is -2.17. The Bertz CT molecular complexity index is 603. The highest BCUT2D eigenvalue weighted by Gasteiger charge is 2.28. The third kappa shape index (κ3) is 3.99. The number of carbonyl (C=O) groups is 3. The van der Waals surface area contributed by atoms with Gasteiger partial charge in [-0.1, -0.05) is 29.3 Å². The molecule has 22 heavy (non-hydrogen) atoms. The molecule has 1 N–H and O–H groups in total. The number of nitrogens with one attached hydrogen (secondary N) is 1. The van der Waals surface area contributed by atoms with Crippen LogP contribution in [0, 0.1) is 0 Å². The maximum atomic E-state index is 11.9. The SMILES string of the molecule is CC(NC(=O)CCN1C(=O)CCC1=O)c1ccc(Cl)cc1Cl. The van der Waals surface area contributed by atoms with Gasteiger partial charge in [-0.25, -0.2) is 0 Å². The minimum Gasteiger partial charge on any atom is -0.349 e. The Kier molecular flexibility index (Phi) is 5.42. The van der Waals surface area contributed by atoms with Crippen molar-refractivity contribution < 1.29 is 14.4 Å². The third-order valence-corrected chi connectivity index (χ3v) is 4.09. The molecular formula is C15H16Cl2N2O3. The highest BCUT2D eigenvalue weighted by molar-refractivity contribution is 6.35. The number of benzene rings is 1. The maximum absolute atomic E-state index is 11.9. The van der Waals surface area contributed by atoms with Crippen molar-refractivity contribution in [3.05, 3.63) is 33.8 Å². The van der Waals surface area contributed by atoms with Gasteiger partial charge in [-0.2, -0.15) is 0 Å². The smallest absolute Gasteiger partial charge is 0.229 e. The molecule has 0 radical (unpaired) electrons. The fourth-order valence-electron chi connectivity index (χ4n) is 2.33. The summed E-state index contributed by atoms with van der Waals surface area (Å²) in [6, 6.07) is 4.78. The standard InChI is InChI=1S/C15H16Cl2N2O3/c1-9(11-3-2-10(16)8-12(11)17)18-13(20)6-7-19-14(21)4-5-15(19)22/h2-3,8-9H,4-7H2,1H3,(H,18,20). The lowest BCUT2D eigenvalue weighted by atomic mass is 10.1. The third-order valence-electron chi connectivity index (χ3n) is 3.52. The van der Waals surface area contributed by atoms with E-state index in [0.29, 0.717) is 10.0 Å². The zero-order valence-electron chi connectivity index (χ0n) is 12.1. The van der Waals surface area contributed by atoms with Crippen molar-refractivity contribution in [1.82, 2.24) is 10.2 Å². The van der Waals surface area contributed by atoms with Gasteiger partial charge in [-0.15, -0.1) is 0 Å². The van der Waals surface area contributed by atoms with Crippen molar-refractivity contribution in [2.24, 2.45) is 0 Å². The van der Waals surface area contributed by atoms with E-state index in [-0.39, 0.29) is 49.6 Å². The van der Waals surface area contributed by atoms with Gasteiger partial charge in [0, 0.05) is 35.9 Å². The molecular weight excluding hydrogens is 327 g/mol. The largest absolute Gasteiger partial charge is 0.349 e. The zero-order valence-corrected chi connectivity index (χ0v) is 13.6. The lowest BCUT2D eigenvalue weighted by Crippen LogP contribution is -2.34. The van der Waals surface area contributed by atoms with Gasteiger partial charge in [0.05, 0.1) is 6.04 Å². The average molecular weight is 343 g/mol. The molecule has 0 bridgehead atoms. The van der Waals surface area contributed by atoms with Crippen molar-refractivity contribution in [3.63, 3.8) is 0 Å². The van der Waals surface area contributed by atoms with Gasteiger partial charge < -0.3 is 5.32 Å². The Morgan fingerprint density at radius 3 is 2.50 bits per heavy atom. The first-order chi connectivity index (χ1) is 10.4.